The molecule has 0 aromatic heterocycles. The molecule has 57 heavy (non-hydrogen) atoms. The smallest absolute Gasteiger partial charge is 0.305 e. The number of nitrogens with zero attached hydrogens (tertiary/aromatic N) is 4. The van der Waals surface area contributed by atoms with Crippen molar-refractivity contribution in [2.75, 3.05) is 69.3 Å². The Morgan fingerprint density at radius 3 is 1.95 bits per heavy atom. The fourth-order valence-corrected chi connectivity index (χ4v) is 5.32. The first-order chi connectivity index (χ1) is 27.0. The lowest BCUT2D eigenvalue weighted by Gasteiger charge is -2.27. The van der Waals surface area contributed by atoms with Crippen molar-refractivity contribution in [1.82, 2.24) is 0 Å². The fraction of sp³-hybridized carbons (Fsp3) is 0.595. The molecular weight excluding hydrogens is 731 g/mol. The van der Waals surface area contributed by atoms with Gasteiger partial charge in [0.2, 0.25) is 0 Å². The highest BCUT2D eigenvalue weighted by Crippen LogP contribution is 2.36. The number of methoxy groups -OCH3 is 2. The maximum Gasteiger partial charge on any atom is 0.305 e. The van der Waals surface area contributed by atoms with Gasteiger partial charge in [-0.15, -0.1) is 0 Å². The van der Waals surface area contributed by atoms with Gasteiger partial charge in [0.05, 0.1) is 52.5 Å². The van der Waals surface area contributed by atoms with Crippen LogP contribution in [-0.2, 0) is 23.9 Å². The third kappa shape index (κ3) is 24.7. The summed E-state index contributed by atoms with van der Waals surface area (Å²) in [6, 6.07) is 9.34. The molecule has 2 aromatic carbocycles. The van der Waals surface area contributed by atoms with Crippen LogP contribution in [0.1, 0.15) is 117 Å². The molecule has 0 aliphatic heterocycles. The molecule has 1 unspecified atom stereocenters. The Kier molecular flexibility index (Phi) is 29.9. The minimum Gasteiger partial charge on any atom is -0.495 e. The van der Waals surface area contributed by atoms with Gasteiger partial charge in [-0.3, -0.25) is 14.9 Å². The van der Waals surface area contributed by atoms with Gasteiger partial charge in [0, 0.05) is 71.3 Å². The number of aldehydes is 2. The van der Waals surface area contributed by atoms with Crippen molar-refractivity contribution < 1.29 is 33.5 Å². The Labute approximate surface area is 340 Å². The van der Waals surface area contributed by atoms with Gasteiger partial charge in [0.15, 0.2) is 0 Å². The Balaban J connectivity index is 0. The number of ether oxygens (including phenoxy) is 3. The number of unbranched alkanes of at least 4 members (excludes halogenated alkanes) is 3. The highest BCUT2D eigenvalue weighted by atomic mass is 16.6. The van der Waals surface area contributed by atoms with Gasteiger partial charge < -0.3 is 45.5 Å². The summed E-state index contributed by atoms with van der Waals surface area (Å²) >= 11 is 0. The average molecular weight is 798 g/mol. The molecule has 15 heteroatoms. The number of rotatable bonds is 21. The molecule has 0 saturated heterocycles. The zero-order valence-electron chi connectivity index (χ0n) is 35.7. The van der Waals surface area contributed by atoms with E-state index in [1.54, 1.807) is 26.4 Å². The summed E-state index contributed by atoms with van der Waals surface area (Å²) in [5, 5.41) is 30.7. The molecule has 0 aliphatic carbocycles. The van der Waals surface area contributed by atoms with E-state index >= 15 is 0 Å². The zero-order chi connectivity index (χ0) is 43.8. The van der Waals surface area contributed by atoms with Gasteiger partial charge >= 0.3 is 5.97 Å². The number of nitrogens with one attached hydrogen (secondary N) is 1. The molecule has 0 spiro atoms. The van der Waals surface area contributed by atoms with Gasteiger partial charge in [0.25, 0.3) is 5.69 Å². The Hall–Kier alpha value is -5.41. The molecule has 15 nitrogen and oxygen atoms in total. The van der Waals surface area contributed by atoms with Crippen LogP contribution in [0.25, 0.3) is 0 Å². The first kappa shape index (κ1) is 53.7. The number of carbonyl (C=O) groups excluding carboxylic acids is 3. The number of nitriles is 2. The van der Waals surface area contributed by atoms with E-state index in [1.807, 2.05) is 33.0 Å². The van der Waals surface area contributed by atoms with Crippen LogP contribution < -0.4 is 26.4 Å². The molecule has 2 aromatic rings. The van der Waals surface area contributed by atoms with Crippen LogP contribution in [0.3, 0.4) is 0 Å². The Bertz CT molecular complexity index is 1530. The van der Waals surface area contributed by atoms with Crippen molar-refractivity contribution in [3.05, 3.63) is 45.5 Å². The van der Waals surface area contributed by atoms with E-state index in [4.69, 9.17) is 36.2 Å². The van der Waals surface area contributed by atoms with E-state index in [2.05, 4.69) is 37.9 Å². The van der Waals surface area contributed by atoms with Gasteiger partial charge in [-0.05, 0) is 62.3 Å². The number of benzene rings is 2. The highest BCUT2D eigenvalue weighted by Gasteiger charge is 2.17. The minimum absolute atomic E-state index is 0.0272. The summed E-state index contributed by atoms with van der Waals surface area (Å²) in [4.78, 5) is 43.0. The van der Waals surface area contributed by atoms with E-state index in [0.717, 1.165) is 106 Å². The molecule has 0 bridgehead atoms. The van der Waals surface area contributed by atoms with Crippen molar-refractivity contribution >= 4 is 47.0 Å². The highest BCUT2D eigenvalue weighted by molar-refractivity contribution is 5.77. The Morgan fingerprint density at radius 2 is 1.54 bits per heavy atom. The minimum atomic E-state index is -0.679. The normalized spacial score (nSPS) is 10.6. The summed E-state index contributed by atoms with van der Waals surface area (Å²) < 4.78 is 16.0. The third-order valence-electron chi connectivity index (χ3n) is 8.01. The average Bonchev–Trinajstić information content (AvgIpc) is 3.16. The second-order valence-electron chi connectivity index (χ2n) is 14.4. The summed E-state index contributed by atoms with van der Waals surface area (Å²) in [7, 11) is 5.24. The van der Waals surface area contributed by atoms with Crippen molar-refractivity contribution in [3.63, 3.8) is 0 Å². The molecule has 0 aliphatic rings. The van der Waals surface area contributed by atoms with E-state index < -0.39 is 4.92 Å². The molecule has 0 amide bonds. The van der Waals surface area contributed by atoms with Gasteiger partial charge in [-0.1, -0.05) is 41.5 Å². The number of nitro groups is 1. The largest absolute Gasteiger partial charge is 0.495 e. The van der Waals surface area contributed by atoms with E-state index in [9.17, 15) is 24.5 Å². The van der Waals surface area contributed by atoms with Crippen LogP contribution in [-0.4, -0.2) is 71.0 Å². The summed E-state index contributed by atoms with van der Waals surface area (Å²) in [5.74, 6) is 1.19. The molecule has 0 radical (unpaired) electrons. The lowest BCUT2D eigenvalue weighted by Crippen LogP contribution is -2.27. The predicted octanol–water partition coefficient (Wildman–Crippen LogP) is 8.23. The van der Waals surface area contributed by atoms with Crippen molar-refractivity contribution in [3.8, 4) is 17.9 Å². The molecule has 5 N–H and O–H groups in total. The molecule has 1 atom stereocenters. The van der Waals surface area contributed by atoms with E-state index in [1.165, 1.54) is 0 Å². The topological polar surface area (TPSA) is 237 Å². The zero-order valence-corrected chi connectivity index (χ0v) is 35.7. The van der Waals surface area contributed by atoms with Crippen molar-refractivity contribution in [2.45, 2.75) is 106 Å². The number of anilines is 4. The van der Waals surface area contributed by atoms with Crippen LogP contribution in [0.4, 0.5) is 28.4 Å². The summed E-state index contributed by atoms with van der Waals surface area (Å²) in [6.07, 6.45) is 10.5. The van der Waals surface area contributed by atoms with Crippen LogP contribution in [0.15, 0.2) is 24.3 Å². The standard InChI is InChI=1S/C21H37N3O4.C9H18O.C8H4N4O2.C4H8O/c1-5-10-21(25)28-14-9-7-12-24(11-6-8-13-26-3)19-16-18(23-2)17(22)15-20(19)27-4;1-8(5-6-10)7-9(2,3)4;9-3-5-1-7(12(13)14)2-6(4-10)8(5)11;1-2-3-4-5/h15-16,23H,5-14,22H2,1-4H3;6,8H,5,7H2,1-4H3;1-2H,11H2;4H,2-3H2,1H3. The molecule has 318 valence electrons. The number of non-ortho nitro benzene ring substituents is 1. The predicted molar refractivity (Wildman–Crippen MR) is 227 cm³/mol. The fourth-order valence-electron chi connectivity index (χ4n) is 5.32. The molecule has 0 heterocycles. The van der Waals surface area contributed by atoms with Gasteiger partial charge in [0.1, 0.15) is 30.5 Å². The first-order valence-corrected chi connectivity index (χ1v) is 19.3. The van der Waals surface area contributed by atoms with Gasteiger partial charge in [-0.25, -0.2) is 0 Å². The molecule has 0 saturated carbocycles. The summed E-state index contributed by atoms with van der Waals surface area (Å²) in [6.45, 7) is 15.6. The monoisotopic (exact) mass is 798 g/mol. The number of carbonyl (C=O) groups is 3. The molecule has 2 rings (SSSR count). The Morgan fingerprint density at radius 1 is 0.965 bits per heavy atom. The second kappa shape index (κ2) is 31.8. The summed E-state index contributed by atoms with van der Waals surface area (Å²) in [5.41, 5.74) is 13.9. The number of hydrogen-bond donors (Lipinski definition) is 3. The lowest BCUT2D eigenvalue weighted by atomic mass is 9.84. The van der Waals surface area contributed by atoms with E-state index in [-0.39, 0.29) is 28.5 Å². The van der Waals surface area contributed by atoms with E-state index in [0.29, 0.717) is 42.9 Å². The van der Waals surface area contributed by atoms with Gasteiger partial charge in [-0.2, -0.15) is 10.5 Å². The number of nitrogens with two attached hydrogens (primary N) is 2. The quantitative estimate of drug-likeness (QED) is 0.0269. The lowest BCUT2D eigenvalue weighted by molar-refractivity contribution is -0.384. The first-order valence-electron chi connectivity index (χ1n) is 19.3. The number of esters is 1. The number of nitrogen functional groups attached to an aromatic ring is 2. The van der Waals surface area contributed by atoms with Crippen LogP contribution >= 0.6 is 0 Å². The molecule has 0 fully saturated rings. The maximum absolute atomic E-state index is 11.5. The SMILES string of the molecule is CC(CC=O)CC(C)(C)C.CCCC(=O)OCCCCN(CCCCOC)c1cc(NC)c(N)cc1OC.CCCC=O.N#Cc1cc([N+](=O)[O-])cc(C#N)c1N. The van der Waals surface area contributed by atoms with Crippen molar-refractivity contribution in [1.29, 1.82) is 10.5 Å². The second-order valence-corrected chi connectivity index (χ2v) is 14.4. The van der Waals surface area contributed by atoms with Crippen LogP contribution in [0, 0.1) is 44.1 Å². The molecular formula is C42H67N7O8. The number of hydrogen-bond acceptors (Lipinski definition) is 14. The maximum atomic E-state index is 11.5. The van der Waals surface area contributed by atoms with Crippen LogP contribution in [0.5, 0.6) is 5.75 Å². The van der Waals surface area contributed by atoms with Crippen LogP contribution in [0.2, 0.25) is 0 Å². The van der Waals surface area contributed by atoms with Crippen molar-refractivity contribution in [2.24, 2.45) is 11.3 Å². The third-order valence-corrected chi connectivity index (χ3v) is 8.01. The number of nitro benzene ring substituents is 1.